The predicted octanol–water partition coefficient (Wildman–Crippen LogP) is 6.83. The molecule has 0 aromatic carbocycles. The molecule has 2 nitrogen and oxygen atoms in total. The minimum absolute atomic E-state index is 0.111. The summed E-state index contributed by atoms with van der Waals surface area (Å²) < 4.78 is 0. The molecule has 0 heterocycles. The zero-order chi connectivity index (χ0) is 20.7. The van der Waals surface area contributed by atoms with Crippen molar-refractivity contribution in [1.29, 1.82) is 0 Å². The van der Waals surface area contributed by atoms with Crippen molar-refractivity contribution in [3.63, 3.8) is 0 Å². The molecule has 0 spiro atoms. The first kappa shape index (κ1) is 24.7. The van der Waals surface area contributed by atoms with Gasteiger partial charge in [0.25, 0.3) is 0 Å². The van der Waals surface area contributed by atoms with Gasteiger partial charge in [-0.25, -0.2) is 0 Å². The Kier molecular flexibility index (Phi) is 10.1. The second-order valence-corrected chi connectivity index (χ2v) is 9.56. The lowest BCUT2D eigenvalue weighted by molar-refractivity contribution is -0.0509. The highest BCUT2D eigenvalue weighted by Crippen LogP contribution is 2.51. The van der Waals surface area contributed by atoms with Crippen LogP contribution in [0.15, 0.2) is 11.1 Å². The van der Waals surface area contributed by atoms with E-state index in [1.54, 1.807) is 11.1 Å². The number of nitrogens with zero attached hydrogens (tertiary/aromatic N) is 1. The van der Waals surface area contributed by atoms with Crippen molar-refractivity contribution >= 4 is 0 Å². The molecule has 0 amide bonds. The highest BCUT2D eigenvalue weighted by Gasteiger charge is 2.46. The first-order chi connectivity index (χ1) is 12.7. The van der Waals surface area contributed by atoms with Gasteiger partial charge in [0.15, 0.2) is 0 Å². The van der Waals surface area contributed by atoms with Crippen LogP contribution >= 0.6 is 0 Å². The highest BCUT2D eigenvalue weighted by molar-refractivity contribution is 5.29. The van der Waals surface area contributed by atoms with Gasteiger partial charge in [-0.15, -0.1) is 0 Å². The van der Waals surface area contributed by atoms with Gasteiger partial charge in [0, 0.05) is 5.41 Å². The van der Waals surface area contributed by atoms with Gasteiger partial charge in [-0.3, -0.25) is 0 Å². The van der Waals surface area contributed by atoms with Gasteiger partial charge in [0.2, 0.25) is 0 Å². The number of aliphatic hydroxyl groups is 1. The van der Waals surface area contributed by atoms with Gasteiger partial charge in [0.1, 0.15) is 0 Å². The quantitative estimate of drug-likeness (QED) is 0.420. The van der Waals surface area contributed by atoms with E-state index in [4.69, 9.17) is 0 Å². The minimum atomic E-state index is -0.579. The Balaban J connectivity index is 0.00000176. The van der Waals surface area contributed by atoms with E-state index in [1.807, 2.05) is 20.8 Å². The topological polar surface area (TPSA) is 23.5 Å². The van der Waals surface area contributed by atoms with Crippen molar-refractivity contribution in [2.24, 2.45) is 17.3 Å². The third kappa shape index (κ3) is 6.60. The largest absolute Gasteiger partial charge is 0.389 e. The van der Waals surface area contributed by atoms with Crippen LogP contribution in [0.5, 0.6) is 0 Å². The molecular formula is C25H49NO. The molecule has 2 aliphatic rings. The third-order valence-corrected chi connectivity index (χ3v) is 7.25. The van der Waals surface area contributed by atoms with E-state index in [-0.39, 0.29) is 5.41 Å². The van der Waals surface area contributed by atoms with Crippen molar-refractivity contribution in [2.45, 2.75) is 112 Å². The normalized spacial score (nSPS) is 26.0. The van der Waals surface area contributed by atoms with Gasteiger partial charge in [-0.2, -0.15) is 0 Å². The summed E-state index contributed by atoms with van der Waals surface area (Å²) in [7, 11) is 0. The Morgan fingerprint density at radius 3 is 2.22 bits per heavy atom. The Morgan fingerprint density at radius 1 is 1.07 bits per heavy atom. The molecule has 0 aromatic rings. The van der Waals surface area contributed by atoms with E-state index in [0.29, 0.717) is 5.92 Å². The van der Waals surface area contributed by atoms with E-state index in [1.165, 1.54) is 58.2 Å². The molecule has 1 N–H and O–H groups in total. The summed E-state index contributed by atoms with van der Waals surface area (Å²) in [5, 5.41) is 11.0. The van der Waals surface area contributed by atoms with Gasteiger partial charge in [0.05, 0.1) is 5.60 Å². The van der Waals surface area contributed by atoms with Crippen LogP contribution in [-0.4, -0.2) is 35.2 Å². The average Bonchev–Trinajstić information content (AvgIpc) is 3.45. The van der Waals surface area contributed by atoms with Crippen LogP contribution < -0.4 is 0 Å². The Morgan fingerprint density at radius 2 is 1.70 bits per heavy atom. The third-order valence-electron chi connectivity index (χ3n) is 7.25. The molecule has 0 aromatic heterocycles. The summed E-state index contributed by atoms with van der Waals surface area (Å²) in [5.74, 6) is 1.64. The van der Waals surface area contributed by atoms with Crippen LogP contribution in [0.25, 0.3) is 0 Å². The van der Waals surface area contributed by atoms with Crippen LogP contribution in [0, 0.1) is 17.3 Å². The molecule has 1 saturated carbocycles. The predicted molar refractivity (Wildman–Crippen MR) is 120 cm³/mol. The van der Waals surface area contributed by atoms with E-state index >= 15 is 0 Å². The van der Waals surface area contributed by atoms with Gasteiger partial charge < -0.3 is 10.0 Å². The van der Waals surface area contributed by atoms with Crippen molar-refractivity contribution in [3.05, 3.63) is 11.1 Å². The molecule has 2 aliphatic carbocycles. The minimum Gasteiger partial charge on any atom is -0.389 e. The average molecular weight is 380 g/mol. The molecule has 27 heavy (non-hydrogen) atoms. The van der Waals surface area contributed by atoms with Gasteiger partial charge >= 0.3 is 0 Å². The summed E-state index contributed by atoms with van der Waals surface area (Å²) in [4.78, 5) is 2.70. The van der Waals surface area contributed by atoms with Crippen LogP contribution in [0.3, 0.4) is 0 Å². The van der Waals surface area contributed by atoms with Crippen molar-refractivity contribution in [1.82, 2.24) is 4.90 Å². The van der Waals surface area contributed by atoms with Crippen LogP contribution in [0.2, 0.25) is 0 Å². The first-order valence-corrected chi connectivity index (χ1v) is 11.9. The number of hydrogen-bond donors (Lipinski definition) is 1. The first-order valence-electron chi connectivity index (χ1n) is 11.9. The van der Waals surface area contributed by atoms with Gasteiger partial charge in [-0.1, -0.05) is 65.5 Å². The smallest absolute Gasteiger partial charge is 0.0710 e. The second kappa shape index (κ2) is 11.0. The van der Waals surface area contributed by atoms with E-state index in [0.717, 1.165) is 18.8 Å². The van der Waals surface area contributed by atoms with Crippen LogP contribution in [-0.2, 0) is 0 Å². The van der Waals surface area contributed by atoms with Crippen molar-refractivity contribution in [3.8, 4) is 0 Å². The maximum atomic E-state index is 11.0. The molecule has 2 rings (SSSR count). The van der Waals surface area contributed by atoms with Crippen molar-refractivity contribution < 1.29 is 5.11 Å². The summed E-state index contributed by atoms with van der Waals surface area (Å²) in [5.41, 5.74) is 2.41. The van der Waals surface area contributed by atoms with E-state index in [9.17, 15) is 5.11 Å². The lowest BCUT2D eigenvalue weighted by Gasteiger charge is -2.49. The summed E-state index contributed by atoms with van der Waals surface area (Å²) >= 11 is 0. The fraction of sp³-hybridized carbons (Fsp3) is 0.920. The summed E-state index contributed by atoms with van der Waals surface area (Å²) in [6.45, 7) is 21.3. The molecule has 0 saturated heterocycles. The zero-order valence-electron chi connectivity index (χ0n) is 19.8. The lowest BCUT2D eigenvalue weighted by atomic mass is 9.59. The molecule has 1 fully saturated rings. The molecular weight excluding hydrogens is 330 g/mol. The zero-order valence-corrected chi connectivity index (χ0v) is 19.8. The lowest BCUT2D eigenvalue weighted by Crippen LogP contribution is -2.47. The number of hydrogen-bond acceptors (Lipinski definition) is 2. The summed E-state index contributed by atoms with van der Waals surface area (Å²) in [6, 6.07) is 0. The number of rotatable bonds is 10. The molecule has 2 atom stereocenters. The number of allylic oxidation sites excluding steroid dienone is 1. The van der Waals surface area contributed by atoms with Crippen LogP contribution in [0.4, 0.5) is 0 Å². The van der Waals surface area contributed by atoms with Crippen LogP contribution in [0.1, 0.15) is 107 Å². The maximum absolute atomic E-state index is 11.0. The summed E-state index contributed by atoms with van der Waals surface area (Å²) in [6.07, 6.45) is 9.97. The fourth-order valence-corrected chi connectivity index (χ4v) is 4.87. The molecule has 0 aliphatic heterocycles. The SMILES string of the molecule is CC.CCCN(CCC1CC1)CCC(CC)C1=C(C)CCC(C)(O)C1(C)C. The second-order valence-electron chi connectivity index (χ2n) is 9.56. The Hall–Kier alpha value is -0.340. The maximum Gasteiger partial charge on any atom is 0.0710 e. The molecule has 0 bridgehead atoms. The van der Waals surface area contributed by atoms with Crippen molar-refractivity contribution in [2.75, 3.05) is 19.6 Å². The molecule has 2 heteroatoms. The van der Waals surface area contributed by atoms with E-state index < -0.39 is 5.60 Å². The van der Waals surface area contributed by atoms with E-state index in [2.05, 4.69) is 39.5 Å². The highest BCUT2D eigenvalue weighted by atomic mass is 16.3. The van der Waals surface area contributed by atoms with Gasteiger partial charge in [-0.05, 0) is 83.8 Å². The standard InChI is InChI=1S/C23H43NO.C2H6/c1-7-15-24(16-12-19-9-10-19)17-13-20(8-2)21-18(3)11-14-23(6,25)22(21,4)5;1-2/h19-20,25H,7-17H2,1-6H3;1-2H3. The molecule has 0 radical (unpaired) electrons. The monoisotopic (exact) mass is 379 g/mol. The Bertz CT molecular complexity index is 459. The fourth-order valence-electron chi connectivity index (χ4n) is 4.87. The molecule has 160 valence electrons. The Labute approximate surface area is 170 Å². The molecule has 2 unspecified atom stereocenters.